The number of carboxylic acids is 2. The van der Waals surface area contributed by atoms with Crippen LogP contribution in [-0.4, -0.2) is 43.5 Å². The van der Waals surface area contributed by atoms with Gasteiger partial charge in [0.2, 0.25) is 0 Å². The van der Waals surface area contributed by atoms with E-state index in [0.29, 0.717) is 29.5 Å². The Labute approximate surface area is 412 Å². The first kappa shape index (κ1) is 46.2. The molecule has 9 aromatic rings. The highest BCUT2D eigenvalue weighted by Gasteiger charge is 2.51. The Morgan fingerprint density at radius 2 is 1.11 bits per heavy atom. The number of aromatic nitrogens is 3. The van der Waals surface area contributed by atoms with Gasteiger partial charge in [-0.15, -0.1) is 0 Å². The van der Waals surface area contributed by atoms with Gasteiger partial charge in [0.25, 0.3) is 0 Å². The number of carboxylic acid groups (broad SMARTS) is 2. The number of nitrogens with zero attached hydrogens (tertiary/aromatic N) is 3. The van der Waals surface area contributed by atoms with Gasteiger partial charge in [-0.1, -0.05) is 174 Å². The highest BCUT2D eigenvalue weighted by molar-refractivity contribution is 5.85. The Morgan fingerprint density at radius 3 is 1.66 bits per heavy atom. The Hall–Kier alpha value is -8.57. The van der Waals surface area contributed by atoms with Crippen molar-refractivity contribution in [1.82, 2.24) is 15.3 Å². The van der Waals surface area contributed by atoms with E-state index in [0.717, 1.165) is 97.1 Å². The molecule has 2 fully saturated rings. The van der Waals surface area contributed by atoms with Crippen molar-refractivity contribution in [2.45, 2.75) is 63.8 Å². The Kier molecular flexibility index (Phi) is 12.9. The Morgan fingerprint density at radius 1 is 0.606 bits per heavy atom. The van der Waals surface area contributed by atoms with Crippen LogP contribution < -0.4 is 10.6 Å². The third-order valence-electron chi connectivity index (χ3n) is 13.7. The standard InChI is InChI=1S/C31H30N2O3.C29H23N3O3/c1-19(26-18-27(26)23-6-4-3-5-7-23)32-28-20(2)33-36-29(28)24-10-8-21(9-11-24)22-12-14-25(15-13-22)31(16-17-31)30(34)35;1-19-28(31-26-9-5-8-25(30-26)23-6-3-2-4-7-23)29(35-32-19)24-16-14-22(15-17-24)21-12-10-20(11-13-21)18-27(33)34/h3-15,19,26-27,32H,16-18H2,1-2H3,(H,34,35);2-17H,18H2,1H3,(H,30,31)(H,33,34). The zero-order valence-electron chi connectivity index (χ0n) is 39.7. The Balaban J connectivity index is 0.000000164. The first-order chi connectivity index (χ1) is 34.5. The summed E-state index contributed by atoms with van der Waals surface area (Å²) in [5.74, 6) is 1.74. The smallest absolute Gasteiger partial charge is 0.314 e. The molecule has 0 aliphatic heterocycles. The lowest BCUT2D eigenvalue weighted by molar-refractivity contribution is -0.140. The second-order valence-electron chi connectivity index (χ2n) is 18.6. The third-order valence-corrected chi connectivity index (χ3v) is 13.7. The highest BCUT2D eigenvalue weighted by Crippen LogP contribution is 2.51. The van der Waals surface area contributed by atoms with Crippen molar-refractivity contribution in [2.75, 3.05) is 10.6 Å². The summed E-state index contributed by atoms with van der Waals surface area (Å²) in [6.45, 7) is 6.11. The van der Waals surface area contributed by atoms with Gasteiger partial charge in [0.15, 0.2) is 11.5 Å². The molecular weight excluding hydrogens is 887 g/mol. The summed E-state index contributed by atoms with van der Waals surface area (Å²) < 4.78 is 11.4. The summed E-state index contributed by atoms with van der Waals surface area (Å²) >= 11 is 0. The first-order valence-electron chi connectivity index (χ1n) is 23.9. The van der Waals surface area contributed by atoms with Crippen LogP contribution in [0.4, 0.5) is 17.2 Å². The van der Waals surface area contributed by atoms with Crippen molar-refractivity contribution in [3.8, 4) is 56.2 Å². The SMILES string of the molecule is Cc1noc(-c2ccc(-c3ccc(C4(C(=O)O)CC4)cc3)cc2)c1NC(C)C1CC1c1ccccc1.Cc1noc(-c2ccc(-c3ccc(CC(=O)O)cc3)cc2)c1Nc1cccc(-c2ccccc2)n1. The van der Waals surface area contributed by atoms with E-state index in [1.165, 1.54) is 12.0 Å². The van der Waals surface area contributed by atoms with Gasteiger partial charge in [-0.25, -0.2) is 4.98 Å². The topological polar surface area (TPSA) is 164 Å². The van der Waals surface area contributed by atoms with E-state index in [1.54, 1.807) is 0 Å². The minimum Gasteiger partial charge on any atom is -0.481 e. The molecule has 0 amide bonds. The second kappa shape index (κ2) is 19.8. The lowest BCUT2D eigenvalue weighted by Gasteiger charge is -2.16. The monoisotopic (exact) mass is 939 g/mol. The molecule has 11 heteroatoms. The average Bonchev–Trinajstić information content (AvgIpc) is 4.33. The maximum absolute atomic E-state index is 11.6. The minimum atomic E-state index is -0.837. The predicted octanol–water partition coefficient (Wildman–Crippen LogP) is 13.8. The number of pyridine rings is 1. The van der Waals surface area contributed by atoms with E-state index in [9.17, 15) is 14.7 Å². The number of anilines is 3. The fraction of sp³-hybridized carbons (Fsp3) is 0.183. The fourth-order valence-corrected chi connectivity index (χ4v) is 9.39. The van der Waals surface area contributed by atoms with Crippen LogP contribution in [0.15, 0.2) is 185 Å². The zero-order chi connectivity index (χ0) is 49.1. The van der Waals surface area contributed by atoms with Crippen LogP contribution in [0.3, 0.4) is 0 Å². The predicted molar refractivity (Wildman–Crippen MR) is 277 cm³/mol. The molecular formula is C60H53N5O6. The number of hydrogen-bond acceptors (Lipinski definition) is 9. The largest absolute Gasteiger partial charge is 0.481 e. The van der Waals surface area contributed by atoms with Crippen molar-refractivity contribution in [3.63, 3.8) is 0 Å². The lowest BCUT2D eigenvalue weighted by Crippen LogP contribution is -2.19. The molecule has 0 radical (unpaired) electrons. The van der Waals surface area contributed by atoms with E-state index in [2.05, 4.69) is 82.5 Å². The van der Waals surface area contributed by atoms with Crippen LogP contribution >= 0.6 is 0 Å². The zero-order valence-corrected chi connectivity index (χ0v) is 39.7. The fourth-order valence-electron chi connectivity index (χ4n) is 9.39. The molecule has 71 heavy (non-hydrogen) atoms. The number of aliphatic carboxylic acids is 2. The number of nitrogens with one attached hydrogen (secondary N) is 2. The second-order valence-corrected chi connectivity index (χ2v) is 18.6. The number of carbonyl (C=O) groups is 2. The van der Waals surface area contributed by atoms with Crippen LogP contribution in [0, 0.1) is 19.8 Å². The molecule has 11 rings (SSSR count). The maximum atomic E-state index is 11.6. The third kappa shape index (κ3) is 10.1. The normalized spacial score (nSPS) is 15.7. The van der Waals surface area contributed by atoms with Crippen molar-refractivity contribution in [3.05, 3.63) is 204 Å². The van der Waals surface area contributed by atoms with Crippen LogP contribution in [-0.2, 0) is 21.4 Å². The molecule has 0 saturated heterocycles. The van der Waals surface area contributed by atoms with Gasteiger partial charge >= 0.3 is 11.9 Å². The van der Waals surface area contributed by atoms with Gasteiger partial charge in [-0.05, 0) is 103 Å². The molecule has 3 unspecified atom stereocenters. The molecule has 0 spiro atoms. The van der Waals surface area contributed by atoms with E-state index in [-0.39, 0.29) is 6.42 Å². The van der Waals surface area contributed by atoms with E-state index >= 15 is 0 Å². The molecule has 6 aromatic carbocycles. The molecule has 2 saturated carbocycles. The molecule has 2 aliphatic rings. The van der Waals surface area contributed by atoms with Crippen LogP contribution in [0.1, 0.15) is 60.2 Å². The van der Waals surface area contributed by atoms with Gasteiger partial charge in [-0.2, -0.15) is 0 Å². The molecule has 11 nitrogen and oxygen atoms in total. The van der Waals surface area contributed by atoms with Gasteiger partial charge < -0.3 is 29.9 Å². The summed E-state index contributed by atoms with van der Waals surface area (Å²) in [7, 11) is 0. The van der Waals surface area contributed by atoms with Crippen molar-refractivity contribution in [2.24, 2.45) is 5.92 Å². The van der Waals surface area contributed by atoms with Gasteiger partial charge in [0.05, 0.1) is 17.5 Å². The molecule has 354 valence electrons. The summed E-state index contributed by atoms with van der Waals surface area (Å²) in [5, 5.41) is 34.0. The number of hydrogen-bond donors (Lipinski definition) is 4. The van der Waals surface area contributed by atoms with Crippen LogP contribution in [0.2, 0.25) is 0 Å². The summed E-state index contributed by atoms with van der Waals surface area (Å²) in [6.07, 6.45) is 2.65. The minimum absolute atomic E-state index is 0.0168. The van der Waals surface area contributed by atoms with Crippen molar-refractivity contribution < 1.29 is 28.8 Å². The molecule has 2 aliphatic carbocycles. The summed E-state index contributed by atoms with van der Waals surface area (Å²) in [5.41, 5.74) is 13.7. The quantitative estimate of drug-likeness (QED) is 0.0773. The van der Waals surface area contributed by atoms with Crippen LogP contribution in [0.5, 0.6) is 0 Å². The van der Waals surface area contributed by atoms with Crippen molar-refractivity contribution in [1.29, 1.82) is 0 Å². The molecule has 3 atom stereocenters. The highest BCUT2D eigenvalue weighted by atomic mass is 16.5. The number of benzene rings is 6. The van der Waals surface area contributed by atoms with Gasteiger partial charge in [0.1, 0.15) is 28.6 Å². The van der Waals surface area contributed by atoms with E-state index in [1.807, 2.05) is 135 Å². The number of rotatable bonds is 15. The Bertz CT molecular complexity index is 3290. The molecule has 0 bridgehead atoms. The molecule has 3 aromatic heterocycles. The maximum Gasteiger partial charge on any atom is 0.314 e. The average molecular weight is 940 g/mol. The first-order valence-corrected chi connectivity index (χ1v) is 23.9. The van der Waals surface area contributed by atoms with Crippen molar-refractivity contribution >= 4 is 29.1 Å². The van der Waals surface area contributed by atoms with E-state index < -0.39 is 17.4 Å². The van der Waals surface area contributed by atoms with Crippen LogP contribution in [0.25, 0.3) is 56.2 Å². The molecule has 3 heterocycles. The summed E-state index contributed by atoms with van der Waals surface area (Å²) in [4.78, 5) is 27.3. The molecule has 4 N–H and O–H groups in total. The summed E-state index contributed by atoms with van der Waals surface area (Å²) in [6, 6.07) is 58.7. The lowest BCUT2D eigenvalue weighted by atomic mass is 9.93. The van der Waals surface area contributed by atoms with E-state index in [4.69, 9.17) is 19.1 Å². The number of aryl methyl sites for hydroxylation is 2. The van der Waals surface area contributed by atoms with Gasteiger partial charge in [0, 0.05) is 22.7 Å². The van der Waals surface area contributed by atoms with Gasteiger partial charge in [-0.3, -0.25) is 9.59 Å².